The second-order valence-corrected chi connectivity index (χ2v) is 7.62. The first-order valence-electron chi connectivity index (χ1n) is 9.74. The van der Waals surface area contributed by atoms with Gasteiger partial charge in [0.15, 0.2) is 0 Å². The van der Waals surface area contributed by atoms with Crippen molar-refractivity contribution in [1.29, 1.82) is 0 Å². The molecule has 0 spiro atoms. The minimum Gasteiger partial charge on any atom is -0.389 e. The van der Waals surface area contributed by atoms with E-state index in [0.717, 1.165) is 19.4 Å². The van der Waals surface area contributed by atoms with E-state index in [4.69, 9.17) is 0 Å². The van der Waals surface area contributed by atoms with E-state index in [0.29, 0.717) is 6.04 Å². The predicted octanol–water partition coefficient (Wildman–Crippen LogP) is 4.94. The Balaban J connectivity index is 1.72. The van der Waals surface area contributed by atoms with E-state index in [-0.39, 0.29) is 0 Å². The van der Waals surface area contributed by atoms with E-state index in [1.54, 1.807) is 0 Å². The van der Waals surface area contributed by atoms with Crippen LogP contribution in [0.2, 0.25) is 0 Å². The summed E-state index contributed by atoms with van der Waals surface area (Å²) in [5, 5.41) is 14.4. The second kappa shape index (κ2) is 9.84. The molecule has 0 heterocycles. The van der Waals surface area contributed by atoms with Crippen molar-refractivity contribution in [2.75, 3.05) is 6.54 Å². The highest BCUT2D eigenvalue weighted by atomic mass is 16.3. The van der Waals surface area contributed by atoms with Gasteiger partial charge in [0, 0.05) is 12.6 Å². The van der Waals surface area contributed by atoms with Gasteiger partial charge in [0.05, 0.1) is 5.60 Å². The lowest BCUT2D eigenvalue weighted by atomic mass is 9.84. The van der Waals surface area contributed by atoms with Gasteiger partial charge < -0.3 is 10.4 Å². The molecular weight excluding hydrogens is 258 g/mol. The van der Waals surface area contributed by atoms with Gasteiger partial charge in [-0.05, 0) is 25.7 Å². The topological polar surface area (TPSA) is 32.3 Å². The summed E-state index contributed by atoms with van der Waals surface area (Å²) < 4.78 is 0. The third kappa shape index (κ3) is 7.15. The van der Waals surface area contributed by atoms with Crippen LogP contribution in [-0.4, -0.2) is 23.3 Å². The molecule has 0 radical (unpaired) electrons. The standard InChI is InChI=1S/C19H37NO/c21-19(15-11-8-12-16-19)17-20-18-13-9-6-4-2-1-3-5-7-10-14-18/h18,20-21H,1-17H2. The molecule has 2 saturated carbocycles. The Morgan fingerprint density at radius 2 is 1.10 bits per heavy atom. The van der Waals surface area contributed by atoms with Crippen molar-refractivity contribution in [3.8, 4) is 0 Å². The highest BCUT2D eigenvalue weighted by molar-refractivity contribution is 4.86. The molecule has 2 nitrogen and oxygen atoms in total. The fraction of sp³-hybridized carbons (Fsp3) is 1.00. The van der Waals surface area contributed by atoms with Crippen LogP contribution in [-0.2, 0) is 0 Å². The van der Waals surface area contributed by atoms with Gasteiger partial charge in [-0.25, -0.2) is 0 Å². The summed E-state index contributed by atoms with van der Waals surface area (Å²) in [6.45, 7) is 0.831. The maximum Gasteiger partial charge on any atom is 0.0771 e. The molecule has 2 aliphatic carbocycles. The maximum atomic E-state index is 10.6. The van der Waals surface area contributed by atoms with Crippen molar-refractivity contribution in [3.63, 3.8) is 0 Å². The fourth-order valence-electron chi connectivity index (χ4n) is 4.09. The van der Waals surface area contributed by atoms with Gasteiger partial charge in [0.1, 0.15) is 0 Å². The number of hydrogen-bond donors (Lipinski definition) is 2. The lowest BCUT2D eigenvalue weighted by Crippen LogP contribution is -2.45. The van der Waals surface area contributed by atoms with Crippen LogP contribution in [0.15, 0.2) is 0 Å². The lowest BCUT2D eigenvalue weighted by Gasteiger charge is -2.34. The highest BCUT2D eigenvalue weighted by Crippen LogP contribution is 2.27. The highest BCUT2D eigenvalue weighted by Gasteiger charge is 2.29. The van der Waals surface area contributed by atoms with Gasteiger partial charge in [-0.3, -0.25) is 0 Å². The van der Waals surface area contributed by atoms with Gasteiger partial charge >= 0.3 is 0 Å². The smallest absolute Gasteiger partial charge is 0.0771 e. The summed E-state index contributed by atoms with van der Waals surface area (Å²) >= 11 is 0. The van der Waals surface area contributed by atoms with Gasteiger partial charge in [0.2, 0.25) is 0 Å². The first kappa shape index (κ1) is 17.3. The average molecular weight is 296 g/mol. The Bertz CT molecular complexity index is 248. The summed E-state index contributed by atoms with van der Waals surface area (Å²) in [6.07, 6.45) is 21.1. The van der Waals surface area contributed by atoms with Crippen LogP contribution < -0.4 is 5.32 Å². The van der Waals surface area contributed by atoms with Crippen LogP contribution in [0.1, 0.15) is 103 Å². The van der Waals surface area contributed by atoms with Crippen molar-refractivity contribution in [3.05, 3.63) is 0 Å². The molecule has 0 bridgehead atoms. The summed E-state index contributed by atoms with van der Waals surface area (Å²) in [7, 11) is 0. The Morgan fingerprint density at radius 3 is 1.62 bits per heavy atom. The molecule has 21 heavy (non-hydrogen) atoms. The largest absolute Gasteiger partial charge is 0.389 e. The van der Waals surface area contributed by atoms with Gasteiger partial charge in [0.25, 0.3) is 0 Å². The van der Waals surface area contributed by atoms with Crippen LogP contribution in [0, 0.1) is 0 Å². The first-order valence-corrected chi connectivity index (χ1v) is 9.74. The van der Waals surface area contributed by atoms with E-state index in [1.807, 2.05) is 0 Å². The van der Waals surface area contributed by atoms with Crippen LogP contribution in [0.3, 0.4) is 0 Å². The molecule has 0 unspecified atom stereocenters. The third-order valence-electron chi connectivity index (χ3n) is 5.61. The molecule has 0 aliphatic heterocycles. The monoisotopic (exact) mass is 295 g/mol. The molecule has 0 saturated heterocycles. The van der Waals surface area contributed by atoms with Crippen molar-refractivity contribution >= 4 is 0 Å². The molecule has 2 N–H and O–H groups in total. The van der Waals surface area contributed by atoms with Gasteiger partial charge in [-0.2, -0.15) is 0 Å². The zero-order chi connectivity index (χ0) is 14.8. The Labute approximate surface area is 132 Å². The minimum atomic E-state index is -0.401. The molecule has 2 aliphatic rings. The van der Waals surface area contributed by atoms with E-state index in [1.165, 1.54) is 89.9 Å². The zero-order valence-electron chi connectivity index (χ0n) is 14.0. The number of rotatable bonds is 3. The average Bonchev–Trinajstić information content (AvgIpc) is 2.47. The van der Waals surface area contributed by atoms with Crippen molar-refractivity contribution in [2.45, 2.75) is 114 Å². The first-order chi connectivity index (χ1) is 10.3. The molecule has 0 atom stereocenters. The number of aliphatic hydroxyl groups is 1. The number of hydrogen-bond acceptors (Lipinski definition) is 2. The van der Waals surface area contributed by atoms with Crippen molar-refractivity contribution in [1.82, 2.24) is 5.32 Å². The fourth-order valence-corrected chi connectivity index (χ4v) is 4.09. The molecule has 0 amide bonds. The van der Waals surface area contributed by atoms with Crippen molar-refractivity contribution in [2.24, 2.45) is 0 Å². The molecule has 2 heteroatoms. The zero-order valence-corrected chi connectivity index (χ0v) is 14.0. The van der Waals surface area contributed by atoms with E-state index in [2.05, 4.69) is 5.32 Å². The minimum absolute atomic E-state index is 0.401. The third-order valence-corrected chi connectivity index (χ3v) is 5.61. The van der Waals surface area contributed by atoms with Gasteiger partial charge in [-0.15, -0.1) is 0 Å². The Morgan fingerprint density at radius 1 is 0.667 bits per heavy atom. The second-order valence-electron chi connectivity index (χ2n) is 7.62. The predicted molar refractivity (Wildman–Crippen MR) is 90.6 cm³/mol. The van der Waals surface area contributed by atoms with E-state index in [9.17, 15) is 5.11 Å². The van der Waals surface area contributed by atoms with E-state index < -0.39 is 5.60 Å². The quantitative estimate of drug-likeness (QED) is 0.772. The van der Waals surface area contributed by atoms with Crippen LogP contribution >= 0.6 is 0 Å². The SMILES string of the molecule is OC1(CNC2CCCCCCCCCCC2)CCCCC1. The van der Waals surface area contributed by atoms with Crippen LogP contribution in [0.5, 0.6) is 0 Å². The molecule has 2 rings (SSSR count). The van der Waals surface area contributed by atoms with Crippen LogP contribution in [0.25, 0.3) is 0 Å². The Kier molecular flexibility index (Phi) is 8.10. The maximum absolute atomic E-state index is 10.6. The Hall–Kier alpha value is -0.0800. The summed E-state index contributed by atoms with van der Waals surface area (Å²) in [5.74, 6) is 0. The molecule has 0 aromatic heterocycles. The molecule has 0 aromatic rings. The summed E-state index contributed by atoms with van der Waals surface area (Å²) in [4.78, 5) is 0. The van der Waals surface area contributed by atoms with Gasteiger partial charge in [-0.1, -0.05) is 77.0 Å². The normalized spacial score (nSPS) is 26.7. The summed E-state index contributed by atoms with van der Waals surface area (Å²) in [6, 6.07) is 0.648. The molecule has 2 fully saturated rings. The molecule has 124 valence electrons. The molecule has 0 aromatic carbocycles. The van der Waals surface area contributed by atoms with E-state index >= 15 is 0 Å². The molecular formula is C19H37NO. The van der Waals surface area contributed by atoms with Crippen LogP contribution in [0.4, 0.5) is 0 Å². The van der Waals surface area contributed by atoms with Crippen molar-refractivity contribution < 1.29 is 5.11 Å². The number of nitrogens with one attached hydrogen (secondary N) is 1. The summed E-state index contributed by atoms with van der Waals surface area (Å²) in [5.41, 5.74) is -0.401. The lowest BCUT2D eigenvalue weighted by molar-refractivity contribution is 0.00208.